The van der Waals surface area contributed by atoms with Gasteiger partial charge in [0, 0.05) is 51.3 Å². The maximum absolute atomic E-state index is 14.2. The first-order valence-corrected chi connectivity index (χ1v) is 8.86. The van der Waals surface area contributed by atoms with Crippen LogP contribution >= 0.6 is 0 Å². The number of nitrogens with zero attached hydrogens (tertiary/aromatic N) is 1. The Kier molecular flexibility index (Phi) is 5.84. The molecule has 1 aliphatic heterocycles. The van der Waals surface area contributed by atoms with Gasteiger partial charge in [-0.2, -0.15) is 0 Å². The molecule has 1 heterocycles. The summed E-state index contributed by atoms with van der Waals surface area (Å²) >= 11 is 0. The number of hydrogen-bond donors (Lipinski definition) is 1. The lowest BCUT2D eigenvalue weighted by Crippen LogP contribution is -2.46. The van der Waals surface area contributed by atoms with Crippen molar-refractivity contribution in [1.29, 1.82) is 0 Å². The van der Waals surface area contributed by atoms with Gasteiger partial charge in [-0.3, -0.25) is 4.90 Å². The third-order valence-corrected chi connectivity index (χ3v) is 4.79. The molecule has 134 valence electrons. The molecule has 3 rings (SSSR count). The van der Waals surface area contributed by atoms with E-state index in [2.05, 4.69) is 17.0 Å². The van der Waals surface area contributed by atoms with Crippen molar-refractivity contribution in [3.63, 3.8) is 0 Å². The van der Waals surface area contributed by atoms with Crippen LogP contribution in [0, 0.1) is 12.7 Å². The minimum atomic E-state index is -0.771. The van der Waals surface area contributed by atoms with Crippen molar-refractivity contribution in [1.82, 2.24) is 4.90 Å². The van der Waals surface area contributed by atoms with Crippen molar-refractivity contribution in [3.8, 4) is 0 Å². The zero-order valence-corrected chi connectivity index (χ0v) is 14.7. The van der Waals surface area contributed by atoms with Gasteiger partial charge < -0.3 is 9.84 Å². The Labute approximate surface area is 149 Å². The first-order valence-electron chi connectivity index (χ1n) is 8.86. The van der Waals surface area contributed by atoms with E-state index in [9.17, 15) is 9.50 Å². The van der Waals surface area contributed by atoms with Crippen LogP contribution in [0.5, 0.6) is 0 Å². The lowest BCUT2D eigenvalue weighted by molar-refractivity contribution is -0.0822. The summed E-state index contributed by atoms with van der Waals surface area (Å²) in [6, 6.07) is 15.3. The van der Waals surface area contributed by atoms with Gasteiger partial charge in [0.1, 0.15) is 5.82 Å². The molecule has 0 bridgehead atoms. The van der Waals surface area contributed by atoms with Gasteiger partial charge in [-0.1, -0.05) is 48.0 Å². The van der Waals surface area contributed by atoms with Crippen molar-refractivity contribution >= 4 is 0 Å². The van der Waals surface area contributed by atoms with E-state index in [0.29, 0.717) is 51.3 Å². The van der Waals surface area contributed by atoms with Crippen molar-refractivity contribution in [2.24, 2.45) is 0 Å². The Hall–Kier alpha value is -1.75. The smallest absolute Gasteiger partial charge is 0.127 e. The maximum Gasteiger partial charge on any atom is 0.127 e. The van der Waals surface area contributed by atoms with E-state index in [4.69, 9.17) is 4.74 Å². The first kappa shape index (κ1) is 18.1. The predicted octanol–water partition coefficient (Wildman–Crippen LogP) is 3.68. The fourth-order valence-corrected chi connectivity index (χ4v) is 3.40. The van der Waals surface area contributed by atoms with Gasteiger partial charge in [-0.15, -0.1) is 0 Å². The van der Waals surface area contributed by atoms with Crippen LogP contribution in [-0.2, 0) is 17.8 Å². The quantitative estimate of drug-likeness (QED) is 0.868. The molecule has 1 aliphatic rings. The fraction of sp³-hybridized carbons (Fsp3) is 0.429. The fourth-order valence-electron chi connectivity index (χ4n) is 3.40. The molecule has 1 fully saturated rings. The van der Waals surface area contributed by atoms with Crippen LogP contribution in [-0.4, -0.2) is 35.4 Å². The van der Waals surface area contributed by atoms with Gasteiger partial charge >= 0.3 is 0 Å². The molecule has 1 N–H and O–H groups in total. The molecule has 25 heavy (non-hydrogen) atoms. The van der Waals surface area contributed by atoms with E-state index in [0.717, 1.165) is 11.1 Å². The number of aryl methyl sites for hydroxylation is 1. The molecule has 0 spiro atoms. The molecule has 0 amide bonds. The highest BCUT2D eigenvalue weighted by molar-refractivity contribution is 5.24. The van der Waals surface area contributed by atoms with Gasteiger partial charge in [0.05, 0.1) is 5.60 Å². The molecule has 0 saturated carbocycles. The Morgan fingerprint density at radius 2 is 1.80 bits per heavy atom. The zero-order valence-electron chi connectivity index (χ0n) is 14.7. The van der Waals surface area contributed by atoms with Gasteiger partial charge in [0.15, 0.2) is 0 Å². The lowest BCUT2D eigenvalue weighted by Gasteiger charge is -2.37. The molecule has 1 saturated heterocycles. The van der Waals surface area contributed by atoms with Crippen LogP contribution < -0.4 is 0 Å². The summed E-state index contributed by atoms with van der Waals surface area (Å²) < 4.78 is 19.6. The normalized spacial score (nSPS) is 17.0. The summed E-state index contributed by atoms with van der Waals surface area (Å²) in [5.41, 5.74) is 2.10. The highest BCUT2D eigenvalue weighted by Gasteiger charge is 2.32. The number of ether oxygens (including phenoxy) is 1. The Balaban J connectivity index is 1.79. The second kappa shape index (κ2) is 8.09. The number of aliphatic hydroxyl groups is 1. The molecule has 0 aromatic heterocycles. The second-order valence-corrected chi connectivity index (χ2v) is 7.06. The molecule has 0 radical (unpaired) electrons. The van der Waals surface area contributed by atoms with Gasteiger partial charge in [-0.05, 0) is 18.6 Å². The van der Waals surface area contributed by atoms with E-state index in [-0.39, 0.29) is 5.82 Å². The van der Waals surface area contributed by atoms with Crippen molar-refractivity contribution in [2.75, 3.05) is 19.8 Å². The van der Waals surface area contributed by atoms with Crippen LogP contribution in [0.3, 0.4) is 0 Å². The van der Waals surface area contributed by atoms with E-state index in [1.165, 1.54) is 6.07 Å². The molecule has 2 aromatic rings. The molecule has 4 heteroatoms. The molecular weight excluding hydrogens is 317 g/mol. The average Bonchev–Trinajstić information content (AvgIpc) is 2.59. The topological polar surface area (TPSA) is 32.7 Å². The van der Waals surface area contributed by atoms with E-state index < -0.39 is 5.60 Å². The van der Waals surface area contributed by atoms with Gasteiger partial charge in [-0.25, -0.2) is 4.39 Å². The zero-order chi connectivity index (χ0) is 17.7. The van der Waals surface area contributed by atoms with E-state index >= 15 is 0 Å². The summed E-state index contributed by atoms with van der Waals surface area (Å²) in [7, 11) is 0. The Morgan fingerprint density at radius 1 is 1.08 bits per heavy atom. The largest absolute Gasteiger partial charge is 0.388 e. The highest BCUT2D eigenvalue weighted by atomic mass is 19.1. The van der Waals surface area contributed by atoms with Gasteiger partial charge in [0.2, 0.25) is 0 Å². The Morgan fingerprint density at radius 3 is 2.52 bits per heavy atom. The van der Waals surface area contributed by atoms with E-state index in [1.54, 1.807) is 6.07 Å². The van der Waals surface area contributed by atoms with Crippen LogP contribution in [0.15, 0.2) is 48.5 Å². The Bertz CT molecular complexity index is 684. The first-order chi connectivity index (χ1) is 12.0. The van der Waals surface area contributed by atoms with Crippen molar-refractivity contribution < 1.29 is 14.2 Å². The van der Waals surface area contributed by atoms with Crippen LogP contribution in [0.4, 0.5) is 4.39 Å². The molecule has 2 aromatic carbocycles. The average molecular weight is 343 g/mol. The number of benzene rings is 2. The third-order valence-electron chi connectivity index (χ3n) is 4.79. The van der Waals surface area contributed by atoms with Crippen molar-refractivity contribution in [3.05, 3.63) is 71.0 Å². The number of hydrogen-bond acceptors (Lipinski definition) is 3. The predicted molar refractivity (Wildman–Crippen MR) is 96.7 cm³/mol. The van der Waals surface area contributed by atoms with Gasteiger partial charge in [0.25, 0.3) is 0 Å². The van der Waals surface area contributed by atoms with Crippen LogP contribution in [0.1, 0.15) is 29.5 Å². The SMILES string of the molecule is Cc1ccc(F)c(CN(Cc2ccccc2)CC2(O)CCOCC2)c1. The second-order valence-electron chi connectivity index (χ2n) is 7.06. The number of halogens is 1. The minimum Gasteiger partial charge on any atom is -0.388 e. The number of rotatable bonds is 6. The maximum atomic E-state index is 14.2. The summed E-state index contributed by atoms with van der Waals surface area (Å²) in [4.78, 5) is 2.14. The summed E-state index contributed by atoms with van der Waals surface area (Å²) in [5.74, 6) is -0.192. The summed E-state index contributed by atoms with van der Waals surface area (Å²) in [6.45, 7) is 4.79. The third kappa shape index (κ3) is 5.11. The van der Waals surface area contributed by atoms with Crippen molar-refractivity contribution in [2.45, 2.75) is 38.5 Å². The summed E-state index contributed by atoms with van der Waals surface area (Å²) in [6.07, 6.45) is 1.24. The molecule has 0 aliphatic carbocycles. The van der Waals surface area contributed by atoms with Crippen LogP contribution in [0.2, 0.25) is 0 Å². The molecule has 0 unspecified atom stereocenters. The molecule has 0 atom stereocenters. The van der Waals surface area contributed by atoms with Crippen LogP contribution in [0.25, 0.3) is 0 Å². The summed E-state index contributed by atoms with van der Waals surface area (Å²) in [5, 5.41) is 10.9. The molecular formula is C21H26FNO2. The minimum absolute atomic E-state index is 0.192. The lowest BCUT2D eigenvalue weighted by atomic mass is 9.93. The van der Waals surface area contributed by atoms with E-state index in [1.807, 2.05) is 31.2 Å². The molecule has 3 nitrogen and oxygen atoms in total. The highest BCUT2D eigenvalue weighted by Crippen LogP contribution is 2.24. The monoisotopic (exact) mass is 343 g/mol. The standard InChI is InChI=1S/C21H26FNO2/c1-17-7-8-20(22)19(13-17)15-23(14-18-5-3-2-4-6-18)16-21(24)9-11-25-12-10-21/h2-8,13,24H,9-12,14-16H2,1H3.